The van der Waals surface area contributed by atoms with E-state index in [1.54, 1.807) is 17.0 Å². The molecular weight excluding hydrogens is 430 g/mol. The number of carbonyl (C=O) groups is 1. The summed E-state index contributed by atoms with van der Waals surface area (Å²) in [5.74, 6) is -0.219. The molecular formula is C20H22ClN3O3S2. The van der Waals surface area contributed by atoms with E-state index in [1.165, 1.54) is 28.5 Å². The van der Waals surface area contributed by atoms with Gasteiger partial charge in [0, 0.05) is 28.6 Å². The molecule has 1 unspecified atom stereocenters. The molecule has 4 rings (SSSR count). The number of halogens is 1. The summed E-state index contributed by atoms with van der Waals surface area (Å²) >= 11 is 7.15. The van der Waals surface area contributed by atoms with Crippen molar-refractivity contribution in [2.75, 3.05) is 18.0 Å². The number of benzene rings is 1. The molecule has 1 fully saturated rings. The molecule has 1 amide bonds. The van der Waals surface area contributed by atoms with Gasteiger partial charge in [0.05, 0.1) is 4.34 Å². The lowest BCUT2D eigenvalue weighted by Gasteiger charge is -2.26. The minimum atomic E-state index is -3.74. The standard InChI is InChI=1S/C20H22ClN3O3S2/c1-13-17-4-2-15(12-14(17)6-9-22-13)24-10-7-18(20(24)25)23-29(26,27)11-8-16-3-5-19(21)28-16/h2-5,8,11-13,18,22-23H,6-7,9-10H2,1H3/b11-8+/t13?,18-/m0/s1. The first-order valence-electron chi connectivity index (χ1n) is 9.46. The van der Waals surface area contributed by atoms with Gasteiger partial charge in [0.2, 0.25) is 15.9 Å². The highest BCUT2D eigenvalue weighted by Crippen LogP contribution is 2.29. The molecule has 0 spiro atoms. The number of hydrogen-bond donors (Lipinski definition) is 2. The summed E-state index contributed by atoms with van der Waals surface area (Å²) in [6.45, 7) is 3.53. The van der Waals surface area contributed by atoms with E-state index in [0.717, 1.165) is 28.9 Å². The van der Waals surface area contributed by atoms with Gasteiger partial charge in [0.1, 0.15) is 6.04 Å². The summed E-state index contributed by atoms with van der Waals surface area (Å²) in [4.78, 5) is 15.2. The SMILES string of the molecule is CC1NCCc2cc(N3CC[C@H](NS(=O)(=O)/C=C/c4ccc(Cl)s4)C3=O)ccc21. The van der Waals surface area contributed by atoms with E-state index in [1.807, 2.05) is 6.07 Å². The highest BCUT2D eigenvalue weighted by molar-refractivity contribution is 7.92. The maximum Gasteiger partial charge on any atom is 0.245 e. The third-order valence-electron chi connectivity index (χ3n) is 5.27. The largest absolute Gasteiger partial charge is 0.311 e. The van der Waals surface area contributed by atoms with Gasteiger partial charge in [0.15, 0.2) is 0 Å². The fourth-order valence-electron chi connectivity index (χ4n) is 3.79. The van der Waals surface area contributed by atoms with Crippen LogP contribution in [0.2, 0.25) is 4.34 Å². The van der Waals surface area contributed by atoms with Gasteiger partial charge < -0.3 is 10.2 Å². The summed E-state index contributed by atoms with van der Waals surface area (Å²) in [7, 11) is -3.74. The van der Waals surface area contributed by atoms with Crippen molar-refractivity contribution in [2.24, 2.45) is 0 Å². The van der Waals surface area contributed by atoms with E-state index in [-0.39, 0.29) is 5.91 Å². The Hall–Kier alpha value is -1.71. The van der Waals surface area contributed by atoms with Crippen molar-refractivity contribution >= 4 is 50.6 Å². The smallest absolute Gasteiger partial charge is 0.245 e. The molecule has 29 heavy (non-hydrogen) atoms. The van der Waals surface area contributed by atoms with E-state index < -0.39 is 16.1 Å². The number of hydrogen-bond acceptors (Lipinski definition) is 5. The predicted octanol–water partition coefficient (Wildman–Crippen LogP) is 3.30. The third-order valence-corrected chi connectivity index (χ3v) is 7.57. The summed E-state index contributed by atoms with van der Waals surface area (Å²) in [6, 6.07) is 9.05. The molecule has 2 aromatic rings. The molecule has 2 aliphatic heterocycles. The van der Waals surface area contributed by atoms with Crippen LogP contribution in [0.4, 0.5) is 5.69 Å². The van der Waals surface area contributed by atoms with Crippen LogP contribution in [0.15, 0.2) is 35.7 Å². The van der Waals surface area contributed by atoms with Crippen molar-refractivity contribution in [3.63, 3.8) is 0 Å². The van der Waals surface area contributed by atoms with E-state index in [0.29, 0.717) is 23.3 Å². The number of carbonyl (C=O) groups excluding carboxylic acids is 1. The first-order chi connectivity index (χ1) is 13.8. The number of rotatable bonds is 5. The monoisotopic (exact) mass is 451 g/mol. The Kier molecular flexibility index (Phi) is 5.81. The van der Waals surface area contributed by atoms with Gasteiger partial charge in [-0.2, -0.15) is 4.72 Å². The van der Waals surface area contributed by atoms with Crippen molar-refractivity contribution in [3.8, 4) is 0 Å². The number of nitrogens with zero attached hydrogens (tertiary/aromatic N) is 1. The van der Waals surface area contributed by atoms with E-state index in [2.05, 4.69) is 29.1 Å². The molecule has 9 heteroatoms. The van der Waals surface area contributed by atoms with Crippen LogP contribution >= 0.6 is 22.9 Å². The second-order valence-electron chi connectivity index (χ2n) is 7.25. The third kappa shape index (κ3) is 4.57. The number of thiophene rings is 1. The average Bonchev–Trinajstić information content (AvgIpc) is 3.26. The lowest BCUT2D eigenvalue weighted by atomic mass is 9.94. The fourth-order valence-corrected chi connectivity index (χ4v) is 5.86. The molecule has 0 bridgehead atoms. The zero-order valence-electron chi connectivity index (χ0n) is 15.9. The molecule has 2 aliphatic rings. The van der Waals surface area contributed by atoms with Crippen LogP contribution in [0.3, 0.4) is 0 Å². The van der Waals surface area contributed by atoms with Crippen LogP contribution in [0, 0.1) is 0 Å². The van der Waals surface area contributed by atoms with E-state index in [9.17, 15) is 13.2 Å². The molecule has 154 valence electrons. The topological polar surface area (TPSA) is 78.5 Å². The fraction of sp³-hybridized carbons (Fsp3) is 0.350. The first kappa shape index (κ1) is 20.6. The normalized spacial score (nSPS) is 22.4. The molecule has 1 aromatic heterocycles. The number of anilines is 1. The minimum Gasteiger partial charge on any atom is -0.311 e. The van der Waals surface area contributed by atoms with Crippen LogP contribution in [0.25, 0.3) is 6.08 Å². The van der Waals surface area contributed by atoms with Gasteiger partial charge in [-0.25, -0.2) is 8.42 Å². The summed E-state index contributed by atoms with van der Waals surface area (Å²) in [5, 5.41) is 4.51. The van der Waals surface area contributed by atoms with Gasteiger partial charge in [-0.15, -0.1) is 11.3 Å². The van der Waals surface area contributed by atoms with Crippen molar-refractivity contribution in [2.45, 2.75) is 31.8 Å². The molecule has 3 heterocycles. The summed E-state index contributed by atoms with van der Waals surface area (Å²) in [5.41, 5.74) is 3.32. The Balaban J connectivity index is 1.45. The quantitative estimate of drug-likeness (QED) is 0.731. The van der Waals surface area contributed by atoms with Crippen LogP contribution < -0.4 is 14.9 Å². The van der Waals surface area contributed by atoms with Gasteiger partial charge in [-0.05, 0) is 67.8 Å². The molecule has 2 N–H and O–H groups in total. The summed E-state index contributed by atoms with van der Waals surface area (Å²) < 4.78 is 27.9. The van der Waals surface area contributed by atoms with Crippen molar-refractivity contribution in [1.82, 2.24) is 10.0 Å². The highest BCUT2D eigenvalue weighted by Gasteiger charge is 2.35. The zero-order chi connectivity index (χ0) is 20.6. The maximum atomic E-state index is 12.8. The molecule has 6 nitrogen and oxygen atoms in total. The highest BCUT2D eigenvalue weighted by atomic mass is 35.5. The van der Waals surface area contributed by atoms with Crippen molar-refractivity contribution in [1.29, 1.82) is 0 Å². The predicted molar refractivity (Wildman–Crippen MR) is 118 cm³/mol. The Morgan fingerprint density at radius 1 is 1.31 bits per heavy atom. The molecule has 2 atom stereocenters. The van der Waals surface area contributed by atoms with Gasteiger partial charge >= 0.3 is 0 Å². The number of sulfonamides is 1. The number of amides is 1. The second-order valence-corrected chi connectivity index (χ2v) is 10.6. The lowest BCUT2D eigenvalue weighted by Crippen LogP contribution is -2.40. The van der Waals surface area contributed by atoms with Gasteiger partial charge in [-0.1, -0.05) is 17.7 Å². The van der Waals surface area contributed by atoms with Crippen molar-refractivity contribution < 1.29 is 13.2 Å². The Morgan fingerprint density at radius 2 is 2.14 bits per heavy atom. The second kappa shape index (κ2) is 8.20. The first-order valence-corrected chi connectivity index (χ1v) is 12.2. The van der Waals surface area contributed by atoms with E-state index in [4.69, 9.17) is 11.6 Å². The zero-order valence-corrected chi connectivity index (χ0v) is 18.3. The van der Waals surface area contributed by atoms with E-state index >= 15 is 0 Å². The molecule has 0 saturated carbocycles. The van der Waals surface area contributed by atoms with Gasteiger partial charge in [-0.3, -0.25) is 4.79 Å². The Labute approximate surface area is 179 Å². The van der Waals surface area contributed by atoms with Crippen LogP contribution in [0.5, 0.6) is 0 Å². The minimum absolute atomic E-state index is 0.219. The van der Waals surface area contributed by atoms with Gasteiger partial charge in [0.25, 0.3) is 0 Å². The van der Waals surface area contributed by atoms with Crippen molar-refractivity contribution in [3.05, 3.63) is 56.1 Å². The molecule has 0 aliphatic carbocycles. The maximum absolute atomic E-state index is 12.8. The average molecular weight is 452 g/mol. The lowest BCUT2D eigenvalue weighted by molar-refractivity contribution is -0.118. The molecule has 1 aromatic carbocycles. The van der Waals surface area contributed by atoms with Crippen LogP contribution in [0.1, 0.15) is 35.4 Å². The van der Waals surface area contributed by atoms with Crippen LogP contribution in [-0.2, 0) is 21.2 Å². The molecule has 1 saturated heterocycles. The summed E-state index contributed by atoms with van der Waals surface area (Å²) in [6.07, 6.45) is 2.84. The molecule has 0 radical (unpaired) electrons. The Morgan fingerprint density at radius 3 is 2.90 bits per heavy atom. The van der Waals surface area contributed by atoms with Crippen LogP contribution in [-0.4, -0.2) is 33.5 Å². The number of fused-ring (bicyclic) bond motifs is 1. The Bertz CT molecular complexity index is 1060. The number of nitrogens with one attached hydrogen (secondary N) is 2.